The number of nitrogens with one attached hydrogen (secondary N) is 2. The van der Waals surface area contributed by atoms with Crippen LogP contribution in [0.1, 0.15) is 31.2 Å². The molecule has 82 valence electrons. The first-order valence-electron chi connectivity index (χ1n) is 5.73. The molecule has 0 bridgehead atoms. The molecule has 1 aromatic heterocycles. The maximum atomic E-state index is 5.62. The summed E-state index contributed by atoms with van der Waals surface area (Å²) < 4.78 is 5.62. The van der Waals surface area contributed by atoms with E-state index >= 15 is 0 Å². The van der Waals surface area contributed by atoms with Gasteiger partial charge in [-0.1, -0.05) is 0 Å². The van der Waals surface area contributed by atoms with Crippen molar-refractivity contribution in [3.63, 3.8) is 0 Å². The van der Waals surface area contributed by atoms with Crippen molar-refractivity contribution in [1.82, 2.24) is 15.3 Å². The molecule has 2 heterocycles. The number of aromatic nitrogens is 2. The summed E-state index contributed by atoms with van der Waals surface area (Å²) in [5.74, 6) is 0. The lowest BCUT2D eigenvalue weighted by molar-refractivity contribution is -0.0572. The van der Waals surface area contributed by atoms with Crippen LogP contribution in [0.2, 0.25) is 0 Å². The zero-order valence-electron chi connectivity index (χ0n) is 9.05. The predicted octanol–water partition coefficient (Wildman–Crippen LogP) is 0.950. The fourth-order valence-electron chi connectivity index (χ4n) is 2.84. The van der Waals surface area contributed by atoms with Gasteiger partial charge >= 0.3 is 0 Å². The minimum absolute atomic E-state index is 0.118. The summed E-state index contributed by atoms with van der Waals surface area (Å²) in [6.45, 7) is 3.92. The van der Waals surface area contributed by atoms with Crippen molar-refractivity contribution in [3.05, 3.63) is 17.7 Å². The molecule has 0 saturated heterocycles. The molecule has 2 aliphatic rings. The molecule has 0 amide bonds. The van der Waals surface area contributed by atoms with Gasteiger partial charge in [0.05, 0.1) is 23.7 Å². The summed E-state index contributed by atoms with van der Waals surface area (Å²) in [5, 5.41) is 3.60. The lowest BCUT2D eigenvalue weighted by Crippen LogP contribution is -2.58. The van der Waals surface area contributed by atoms with Crippen LogP contribution in [0, 0.1) is 0 Å². The van der Waals surface area contributed by atoms with E-state index in [-0.39, 0.29) is 5.54 Å². The zero-order valence-corrected chi connectivity index (χ0v) is 9.05. The summed E-state index contributed by atoms with van der Waals surface area (Å²) in [4.78, 5) is 7.69. The smallest absolute Gasteiger partial charge is 0.0926 e. The summed E-state index contributed by atoms with van der Waals surface area (Å²) in [6.07, 6.45) is 5.44. The van der Waals surface area contributed by atoms with Crippen molar-refractivity contribution in [1.29, 1.82) is 0 Å². The van der Waals surface area contributed by atoms with E-state index in [0.717, 1.165) is 32.4 Å². The van der Waals surface area contributed by atoms with Crippen molar-refractivity contribution in [2.24, 2.45) is 0 Å². The number of fused-ring (bicyclic) bond motifs is 2. The largest absolute Gasteiger partial charge is 0.378 e. The Kier molecular flexibility index (Phi) is 2.07. The lowest BCUT2D eigenvalue weighted by atomic mass is 9.69. The Morgan fingerprint density at radius 2 is 2.47 bits per heavy atom. The second-order valence-electron chi connectivity index (χ2n) is 4.47. The molecule has 1 saturated carbocycles. The minimum atomic E-state index is 0.118. The Morgan fingerprint density at radius 3 is 3.27 bits per heavy atom. The number of hydrogen-bond donors (Lipinski definition) is 2. The second-order valence-corrected chi connectivity index (χ2v) is 4.47. The number of hydrogen-bond acceptors (Lipinski definition) is 3. The topological polar surface area (TPSA) is 49.9 Å². The van der Waals surface area contributed by atoms with Gasteiger partial charge in [-0.25, -0.2) is 4.98 Å². The Hall–Kier alpha value is -0.870. The van der Waals surface area contributed by atoms with Crippen molar-refractivity contribution in [2.45, 2.75) is 37.8 Å². The summed E-state index contributed by atoms with van der Waals surface area (Å²) in [6, 6.07) is 0. The Labute approximate surface area is 89.4 Å². The van der Waals surface area contributed by atoms with Gasteiger partial charge in [-0.05, 0) is 19.8 Å². The van der Waals surface area contributed by atoms with Crippen LogP contribution in [0.5, 0.6) is 0 Å². The van der Waals surface area contributed by atoms with Crippen LogP contribution in [0.15, 0.2) is 6.33 Å². The van der Waals surface area contributed by atoms with Crippen molar-refractivity contribution < 1.29 is 4.74 Å². The van der Waals surface area contributed by atoms with Gasteiger partial charge in [-0.2, -0.15) is 0 Å². The number of rotatable bonds is 2. The van der Waals surface area contributed by atoms with E-state index in [9.17, 15) is 0 Å². The van der Waals surface area contributed by atoms with E-state index < -0.39 is 0 Å². The predicted molar refractivity (Wildman–Crippen MR) is 56.6 cm³/mol. The molecular weight excluding hydrogens is 190 g/mol. The Balaban J connectivity index is 1.80. The monoisotopic (exact) mass is 207 g/mol. The van der Waals surface area contributed by atoms with Gasteiger partial charge in [0, 0.05) is 25.3 Å². The van der Waals surface area contributed by atoms with E-state index in [1.54, 1.807) is 0 Å². The van der Waals surface area contributed by atoms with Gasteiger partial charge in [0.2, 0.25) is 0 Å². The molecule has 2 N–H and O–H groups in total. The molecule has 1 aliphatic carbocycles. The highest BCUT2D eigenvalue weighted by atomic mass is 16.5. The molecule has 0 radical (unpaired) electrons. The maximum absolute atomic E-state index is 5.62. The normalized spacial score (nSPS) is 33.8. The fourth-order valence-corrected chi connectivity index (χ4v) is 2.84. The van der Waals surface area contributed by atoms with Crippen LogP contribution in [0.25, 0.3) is 0 Å². The molecule has 0 atom stereocenters. The van der Waals surface area contributed by atoms with Gasteiger partial charge in [-0.15, -0.1) is 0 Å². The summed E-state index contributed by atoms with van der Waals surface area (Å²) in [5.41, 5.74) is 2.65. The average molecular weight is 207 g/mol. The summed E-state index contributed by atoms with van der Waals surface area (Å²) in [7, 11) is 0. The first-order valence-corrected chi connectivity index (χ1v) is 5.73. The Morgan fingerprint density at radius 1 is 1.60 bits per heavy atom. The summed E-state index contributed by atoms with van der Waals surface area (Å²) >= 11 is 0. The van der Waals surface area contributed by atoms with E-state index in [2.05, 4.69) is 22.2 Å². The van der Waals surface area contributed by atoms with Crippen LogP contribution in [-0.2, 0) is 16.7 Å². The van der Waals surface area contributed by atoms with Crippen LogP contribution in [0.3, 0.4) is 0 Å². The van der Waals surface area contributed by atoms with Gasteiger partial charge in [0.25, 0.3) is 0 Å². The van der Waals surface area contributed by atoms with Crippen LogP contribution >= 0.6 is 0 Å². The first kappa shape index (κ1) is 9.36. The molecule has 0 unspecified atom stereocenters. The van der Waals surface area contributed by atoms with Crippen LogP contribution in [0.4, 0.5) is 0 Å². The molecule has 4 heteroatoms. The van der Waals surface area contributed by atoms with Gasteiger partial charge < -0.3 is 15.0 Å². The third-order valence-corrected chi connectivity index (χ3v) is 3.56. The van der Waals surface area contributed by atoms with E-state index in [0.29, 0.717) is 6.10 Å². The first-order chi connectivity index (χ1) is 7.34. The molecule has 4 nitrogen and oxygen atoms in total. The molecule has 1 spiro atoms. The van der Waals surface area contributed by atoms with Crippen LogP contribution < -0.4 is 5.32 Å². The third-order valence-electron chi connectivity index (χ3n) is 3.56. The zero-order chi connectivity index (χ0) is 10.3. The quantitative estimate of drug-likeness (QED) is 0.759. The average Bonchev–Trinajstić information content (AvgIpc) is 2.64. The molecule has 3 rings (SSSR count). The van der Waals surface area contributed by atoms with Crippen molar-refractivity contribution in [2.75, 3.05) is 13.2 Å². The maximum Gasteiger partial charge on any atom is 0.0926 e. The number of aromatic amines is 1. The van der Waals surface area contributed by atoms with E-state index in [1.165, 1.54) is 11.4 Å². The number of ether oxygens (including phenoxy) is 1. The third kappa shape index (κ3) is 1.32. The highest BCUT2D eigenvalue weighted by molar-refractivity contribution is 5.29. The second kappa shape index (κ2) is 3.32. The standard InChI is InChI=1S/C11H17N3O/c1-2-15-8-5-11(6-8)10-9(3-4-14-11)12-7-13-10/h7-8,14H,2-6H2,1H3,(H,12,13). The van der Waals surface area contributed by atoms with Gasteiger partial charge in [-0.3, -0.25) is 0 Å². The highest BCUT2D eigenvalue weighted by Gasteiger charge is 2.49. The number of imidazole rings is 1. The van der Waals surface area contributed by atoms with Crippen molar-refractivity contribution in [3.8, 4) is 0 Å². The molecule has 1 aliphatic heterocycles. The SMILES string of the molecule is CCOC1CC2(C1)NCCc1[nH]cnc12. The van der Waals surface area contributed by atoms with Crippen LogP contribution in [-0.4, -0.2) is 29.2 Å². The molecule has 1 fully saturated rings. The number of nitrogens with zero attached hydrogens (tertiary/aromatic N) is 1. The van der Waals surface area contributed by atoms with Gasteiger partial charge in [0.15, 0.2) is 0 Å². The van der Waals surface area contributed by atoms with Crippen molar-refractivity contribution >= 4 is 0 Å². The molecule has 0 aromatic carbocycles. The van der Waals surface area contributed by atoms with E-state index in [1.807, 2.05) is 6.33 Å². The number of H-pyrrole nitrogens is 1. The highest BCUT2D eigenvalue weighted by Crippen LogP contribution is 2.44. The molecular formula is C11H17N3O. The Bertz CT molecular complexity index is 354. The molecule has 15 heavy (non-hydrogen) atoms. The fraction of sp³-hybridized carbons (Fsp3) is 0.727. The van der Waals surface area contributed by atoms with E-state index in [4.69, 9.17) is 4.74 Å². The lowest BCUT2D eigenvalue weighted by Gasteiger charge is -2.49. The molecule has 1 aromatic rings. The minimum Gasteiger partial charge on any atom is -0.378 e. The van der Waals surface area contributed by atoms with Gasteiger partial charge in [0.1, 0.15) is 0 Å².